The number of rotatable bonds is 4. The van der Waals surface area contributed by atoms with Crippen LogP contribution in [0, 0.1) is 0 Å². The highest BCUT2D eigenvalue weighted by Crippen LogP contribution is 2.01. The number of carbonyl (C=O) groups excluding carboxylic acids is 1. The summed E-state index contributed by atoms with van der Waals surface area (Å²) in [6, 6.07) is 0. The molecule has 5 nitrogen and oxygen atoms in total. The molecule has 0 N–H and O–H groups in total. The first-order valence-electron chi connectivity index (χ1n) is 3.83. The Morgan fingerprint density at radius 3 is 2.23 bits per heavy atom. The maximum atomic E-state index is 11.3. The van der Waals surface area contributed by atoms with Gasteiger partial charge in [0.15, 0.2) is 9.84 Å². The highest BCUT2D eigenvalue weighted by Gasteiger charge is 2.22. The molecule has 1 amide bonds. The monoisotopic (exact) mass is 209 g/mol. The Morgan fingerprint density at radius 2 is 1.92 bits per heavy atom. The standard InChI is InChI=1S/C7H15NO4S/c1-6(2)13(10,11)5-7(9)8(3)12-4/h6H,5H2,1-4H3. The van der Waals surface area contributed by atoms with Gasteiger partial charge < -0.3 is 0 Å². The molecule has 0 saturated heterocycles. The third-order valence-corrected chi connectivity index (χ3v) is 3.75. The molecular weight excluding hydrogens is 194 g/mol. The predicted octanol–water partition coefficient (Wildman–Crippen LogP) is -0.171. The summed E-state index contributed by atoms with van der Waals surface area (Å²) in [6.45, 7) is 3.07. The number of carbonyl (C=O) groups is 1. The molecule has 0 saturated carbocycles. The molecule has 6 heteroatoms. The van der Waals surface area contributed by atoms with E-state index in [1.165, 1.54) is 28.0 Å². The molecule has 0 atom stereocenters. The summed E-state index contributed by atoms with van der Waals surface area (Å²) in [5.41, 5.74) is 0. The van der Waals surface area contributed by atoms with E-state index in [2.05, 4.69) is 4.84 Å². The Hall–Kier alpha value is -0.620. The highest BCUT2D eigenvalue weighted by atomic mass is 32.2. The molecule has 0 rings (SSSR count). The molecule has 0 aliphatic carbocycles. The Bertz CT molecular complexity index is 270. The number of hydrogen-bond acceptors (Lipinski definition) is 4. The zero-order chi connectivity index (χ0) is 10.6. The van der Waals surface area contributed by atoms with Crippen LogP contribution in [0.25, 0.3) is 0 Å². The molecule has 78 valence electrons. The van der Waals surface area contributed by atoms with E-state index in [1.807, 2.05) is 0 Å². The lowest BCUT2D eigenvalue weighted by molar-refractivity contribution is -0.165. The molecule has 0 unspecified atom stereocenters. The van der Waals surface area contributed by atoms with Crippen molar-refractivity contribution in [1.82, 2.24) is 5.06 Å². The minimum atomic E-state index is -3.32. The van der Waals surface area contributed by atoms with Crippen molar-refractivity contribution in [3.8, 4) is 0 Å². The van der Waals surface area contributed by atoms with E-state index >= 15 is 0 Å². The van der Waals surface area contributed by atoms with E-state index in [0.29, 0.717) is 0 Å². The fourth-order valence-electron chi connectivity index (χ4n) is 0.531. The van der Waals surface area contributed by atoms with Crippen LogP contribution in [0.15, 0.2) is 0 Å². The van der Waals surface area contributed by atoms with Gasteiger partial charge in [-0.1, -0.05) is 0 Å². The minimum Gasteiger partial charge on any atom is -0.275 e. The third kappa shape index (κ3) is 3.73. The fourth-order valence-corrected chi connectivity index (χ4v) is 1.39. The maximum absolute atomic E-state index is 11.3. The fraction of sp³-hybridized carbons (Fsp3) is 0.857. The Labute approximate surface area is 78.5 Å². The molecule has 0 aliphatic rings. The van der Waals surface area contributed by atoms with Gasteiger partial charge in [-0.3, -0.25) is 9.63 Å². The molecule has 0 heterocycles. The lowest BCUT2D eigenvalue weighted by Crippen LogP contribution is -2.34. The summed E-state index contributed by atoms with van der Waals surface area (Å²) in [6.07, 6.45) is 0. The van der Waals surface area contributed by atoms with Crippen molar-refractivity contribution in [2.75, 3.05) is 19.9 Å². The smallest absolute Gasteiger partial charge is 0.261 e. The van der Waals surface area contributed by atoms with Crippen molar-refractivity contribution >= 4 is 15.7 Å². The van der Waals surface area contributed by atoms with Crippen LogP contribution < -0.4 is 0 Å². The SMILES string of the molecule is CON(C)C(=O)CS(=O)(=O)C(C)C. The second-order valence-corrected chi connectivity index (χ2v) is 5.49. The van der Waals surface area contributed by atoms with Gasteiger partial charge in [-0.2, -0.15) is 0 Å². The number of amides is 1. The van der Waals surface area contributed by atoms with E-state index < -0.39 is 26.7 Å². The lowest BCUT2D eigenvalue weighted by atomic mass is 10.6. The van der Waals surface area contributed by atoms with Gasteiger partial charge in [0.05, 0.1) is 12.4 Å². The Balaban J connectivity index is 4.38. The molecule has 0 aromatic rings. The topological polar surface area (TPSA) is 63.7 Å². The van der Waals surface area contributed by atoms with E-state index in [9.17, 15) is 13.2 Å². The molecule has 0 fully saturated rings. The molecule has 0 aromatic carbocycles. The van der Waals surface area contributed by atoms with Crippen LogP contribution in [0.4, 0.5) is 0 Å². The average Bonchev–Trinajstić information content (AvgIpc) is 2.01. The largest absolute Gasteiger partial charge is 0.275 e. The highest BCUT2D eigenvalue weighted by molar-refractivity contribution is 7.92. The second-order valence-electron chi connectivity index (χ2n) is 2.93. The summed E-state index contributed by atoms with van der Waals surface area (Å²) in [5, 5.41) is 0.363. The number of hydrogen-bond donors (Lipinski definition) is 0. The van der Waals surface area contributed by atoms with Crippen LogP contribution in [0.5, 0.6) is 0 Å². The van der Waals surface area contributed by atoms with Crippen molar-refractivity contribution in [3.05, 3.63) is 0 Å². The van der Waals surface area contributed by atoms with Crippen LogP contribution in [0.3, 0.4) is 0 Å². The summed E-state index contributed by atoms with van der Waals surface area (Å²) in [4.78, 5) is 15.7. The number of sulfone groups is 1. The summed E-state index contributed by atoms with van der Waals surface area (Å²) in [5.74, 6) is -1.06. The summed E-state index contributed by atoms with van der Waals surface area (Å²) in [7, 11) is -0.645. The van der Waals surface area contributed by atoms with Gasteiger partial charge in [0, 0.05) is 7.05 Å². The number of hydroxylamine groups is 2. The van der Waals surface area contributed by atoms with Gasteiger partial charge in [-0.25, -0.2) is 13.5 Å². The van der Waals surface area contributed by atoms with Crippen molar-refractivity contribution < 1.29 is 18.0 Å². The number of nitrogens with zero attached hydrogens (tertiary/aromatic N) is 1. The quantitative estimate of drug-likeness (QED) is 0.603. The summed E-state index contributed by atoms with van der Waals surface area (Å²) >= 11 is 0. The van der Waals surface area contributed by atoms with Gasteiger partial charge in [0.25, 0.3) is 5.91 Å². The predicted molar refractivity (Wildman–Crippen MR) is 48.7 cm³/mol. The first-order valence-corrected chi connectivity index (χ1v) is 5.55. The molecule has 0 aliphatic heterocycles. The summed E-state index contributed by atoms with van der Waals surface area (Å²) < 4.78 is 22.5. The zero-order valence-electron chi connectivity index (χ0n) is 8.27. The van der Waals surface area contributed by atoms with Gasteiger partial charge in [0.2, 0.25) is 0 Å². The van der Waals surface area contributed by atoms with Crippen LogP contribution in [0.1, 0.15) is 13.8 Å². The van der Waals surface area contributed by atoms with E-state index in [0.717, 1.165) is 5.06 Å². The van der Waals surface area contributed by atoms with Crippen molar-refractivity contribution in [2.45, 2.75) is 19.1 Å². The Morgan fingerprint density at radius 1 is 1.46 bits per heavy atom. The van der Waals surface area contributed by atoms with Crippen LogP contribution in [-0.2, 0) is 19.5 Å². The van der Waals surface area contributed by atoms with E-state index in [4.69, 9.17) is 0 Å². The van der Waals surface area contributed by atoms with Crippen molar-refractivity contribution in [1.29, 1.82) is 0 Å². The van der Waals surface area contributed by atoms with Crippen molar-refractivity contribution in [3.63, 3.8) is 0 Å². The second kappa shape index (κ2) is 4.57. The minimum absolute atomic E-state index is 0.505. The first-order chi connectivity index (χ1) is 5.81. The lowest BCUT2D eigenvalue weighted by Gasteiger charge is -2.14. The van der Waals surface area contributed by atoms with Gasteiger partial charge >= 0.3 is 0 Å². The first kappa shape index (κ1) is 12.4. The zero-order valence-corrected chi connectivity index (χ0v) is 9.09. The molecule has 0 bridgehead atoms. The third-order valence-electron chi connectivity index (χ3n) is 1.67. The van der Waals surface area contributed by atoms with Gasteiger partial charge in [-0.15, -0.1) is 0 Å². The van der Waals surface area contributed by atoms with Crippen LogP contribution >= 0.6 is 0 Å². The normalized spacial score (nSPS) is 11.8. The van der Waals surface area contributed by atoms with Crippen molar-refractivity contribution in [2.24, 2.45) is 0 Å². The molecule has 0 spiro atoms. The average molecular weight is 209 g/mol. The van der Waals surface area contributed by atoms with Crippen LogP contribution in [-0.4, -0.2) is 44.5 Å². The van der Waals surface area contributed by atoms with E-state index in [1.54, 1.807) is 0 Å². The maximum Gasteiger partial charge on any atom is 0.261 e. The molecular formula is C7H15NO4S. The Kier molecular flexibility index (Phi) is 4.35. The molecule has 13 heavy (non-hydrogen) atoms. The van der Waals surface area contributed by atoms with Gasteiger partial charge in [-0.05, 0) is 13.8 Å². The molecule has 0 aromatic heterocycles. The van der Waals surface area contributed by atoms with Gasteiger partial charge in [0.1, 0.15) is 5.75 Å². The molecule has 0 radical (unpaired) electrons. The van der Waals surface area contributed by atoms with Crippen LogP contribution in [0.2, 0.25) is 0 Å². The van der Waals surface area contributed by atoms with E-state index in [-0.39, 0.29) is 0 Å².